The molecule has 5 heteroatoms. The molecule has 2 N–H and O–H groups in total. The van der Waals surface area contributed by atoms with Crippen LogP contribution < -0.4 is 10.6 Å². The number of carbonyl (C=O) groups excluding carboxylic acids is 2. The maximum absolute atomic E-state index is 12.3. The number of nitrogens with zero attached hydrogens (tertiary/aromatic N) is 1. The zero-order valence-corrected chi connectivity index (χ0v) is 14.2. The highest BCUT2D eigenvalue weighted by Crippen LogP contribution is 2.11. The lowest BCUT2D eigenvalue weighted by Gasteiger charge is -2.14. The van der Waals surface area contributed by atoms with Gasteiger partial charge in [-0.3, -0.25) is 9.59 Å². The number of amides is 2. The quantitative estimate of drug-likeness (QED) is 0.814. The monoisotopic (exact) mass is 335 g/mol. The number of nitriles is 1. The molecule has 0 aliphatic carbocycles. The fourth-order valence-electron chi connectivity index (χ4n) is 2.39. The topological polar surface area (TPSA) is 82.0 Å². The average Bonchev–Trinajstić information content (AvgIpc) is 2.61. The minimum atomic E-state index is -0.366. The molecule has 2 amide bonds. The Labute approximate surface area is 147 Å². The molecule has 1 atom stereocenters. The number of benzene rings is 2. The van der Waals surface area contributed by atoms with Gasteiger partial charge in [-0.1, -0.05) is 30.3 Å². The minimum absolute atomic E-state index is 0.0581. The maximum atomic E-state index is 12.3. The Bertz CT molecular complexity index is 749. The third-order valence-electron chi connectivity index (χ3n) is 3.76. The van der Waals surface area contributed by atoms with Gasteiger partial charge in [0.15, 0.2) is 0 Å². The summed E-state index contributed by atoms with van der Waals surface area (Å²) in [5.41, 5.74) is 2.35. The van der Waals surface area contributed by atoms with Gasteiger partial charge in [0.05, 0.1) is 6.07 Å². The zero-order valence-electron chi connectivity index (χ0n) is 14.2. The summed E-state index contributed by atoms with van der Waals surface area (Å²) in [6.07, 6.45) is 1.57. The number of aryl methyl sites for hydroxylation is 1. The van der Waals surface area contributed by atoms with Gasteiger partial charge in [0.1, 0.15) is 6.42 Å². The summed E-state index contributed by atoms with van der Waals surface area (Å²) in [7, 11) is 0. The van der Waals surface area contributed by atoms with Crippen molar-refractivity contribution in [2.75, 3.05) is 5.32 Å². The molecule has 0 aromatic heterocycles. The van der Waals surface area contributed by atoms with Crippen LogP contribution in [0, 0.1) is 11.3 Å². The second-order valence-electron chi connectivity index (χ2n) is 5.86. The van der Waals surface area contributed by atoms with E-state index in [4.69, 9.17) is 5.26 Å². The van der Waals surface area contributed by atoms with Crippen molar-refractivity contribution < 1.29 is 9.59 Å². The summed E-state index contributed by atoms with van der Waals surface area (Å²) in [6.45, 7) is 1.98. The van der Waals surface area contributed by atoms with Gasteiger partial charge in [-0.15, -0.1) is 0 Å². The van der Waals surface area contributed by atoms with Gasteiger partial charge < -0.3 is 10.6 Å². The number of hydrogen-bond acceptors (Lipinski definition) is 3. The van der Waals surface area contributed by atoms with Crippen LogP contribution in [0.15, 0.2) is 54.6 Å². The zero-order chi connectivity index (χ0) is 18.1. The van der Waals surface area contributed by atoms with Gasteiger partial charge in [0, 0.05) is 17.3 Å². The normalized spacial score (nSPS) is 11.2. The summed E-state index contributed by atoms with van der Waals surface area (Å²) < 4.78 is 0. The molecule has 0 unspecified atom stereocenters. The molecule has 0 heterocycles. The average molecular weight is 335 g/mol. The second kappa shape index (κ2) is 9.24. The van der Waals surface area contributed by atoms with Crippen LogP contribution in [0.5, 0.6) is 0 Å². The third-order valence-corrected chi connectivity index (χ3v) is 3.76. The van der Waals surface area contributed by atoms with Crippen molar-refractivity contribution in [2.45, 2.75) is 32.2 Å². The summed E-state index contributed by atoms with van der Waals surface area (Å²) in [5.74, 6) is -0.510. The highest BCUT2D eigenvalue weighted by molar-refractivity contribution is 5.96. The summed E-state index contributed by atoms with van der Waals surface area (Å²) in [6, 6.07) is 18.6. The summed E-state index contributed by atoms with van der Waals surface area (Å²) >= 11 is 0. The van der Waals surface area contributed by atoms with Gasteiger partial charge in [0.25, 0.3) is 5.91 Å². The van der Waals surface area contributed by atoms with Crippen molar-refractivity contribution in [3.63, 3.8) is 0 Å². The molecule has 0 fully saturated rings. The molecule has 0 bridgehead atoms. The van der Waals surface area contributed by atoms with Crippen LogP contribution >= 0.6 is 0 Å². The molecule has 0 spiro atoms. The fraction of sp³-hybridized carbons (Fsp3) is 0.250. The van der Waals surface area contributed by atoms with E-state index >= 15 is 0 Å². The smallest absolute Gasteiger partial charge is 0.251 e. The predicted octanol–water partition coefficient (Wildman–Crippen LogP) is 3.29. The number of carbonyl (C=O) groups is 2. The SMILES string of the molecule is C[C@H](CCc1ccccc1)NC(=O)c1ccc(NC(=O)CC#N)cc1. The van der Waals surface area contributed by atoms with Crippen LogP contribution in [-0.2, 0) is 11.2 Å². The molecule has 0 saturated heterocycles. The van der Waals surface area contributed by atoms with Gasteiger partial charge in [-0.25, -0.2) is 0 Å². The van der Waals surface area contributed by atoms with Crippen LogP contribution in [0.3, 0.4) is 0 Å². The molecule has 25 heavy (non-hydrogen) atoms. The van der Waals surface area contributed by atoms with E-state index in [2.05, 4.69) is 22.8 Å². The minimum Gasteiger partial charge on any atom is -0.350 e. The molecular formula is C20H21N3O2. The van der Waals surface area contributed by atoms with Crippen molar-refractivity contribution in [2.24, 2.45) is 0 Å². The van der Waals surface area contributed by atoms with Gasteiger partial charge >= 0.3 is 0 Å². The number of rotatable bonds is 7. The Balaban J connectivity index is 1.83. The van der Waals surface area contributed by atoms with Gasteiger partial charge in [-0.05, 0) is 49.6 Å². The standard InChI is InChI=1S/C20H21N3O2/c1-15(7-8-16-5-3-2-4-6-16)22-20(25)17-9-11-18(12-10-17)23-19(24)13-14-21/h2-6,9-12,15H,7-8,13H2,1H3,(H,22,25)(H,23,24)/t15-/m1/s1. The number of hydrogen-bond donors (Lipinski definition) is 2. The predicted molar refractivity (Wildman–Crippen MR) is 97.0 cm³/mol. The van der Waals surface area contributed by atoms with E-state index in [0.29, 0.717) is 11.3 Å². The van der Waals surface area contributed by atoms with E-state index < -0.39 is 0 Å². The summed E-state index contributed by atoms with van der Waals surface area (Å²) in [4.78, 5) is 23.6. The molecular weight excluding hydrogens is 314 g/mol. The van der Waals surface area contributed by atoms with E-state index in [1.54, 1.807) is 30.3 Å². The van der Waals surface area contributed by atoms with Gasteiger partial charge in [-0.2, -0.15) is 5.26 Å². The van der Waals surface area contributed by atoms with E-state index in [9.17, 15) is 9.59 Å². The Morgan fingerprint density at radius 1 is 1.08 bits per heavy atom. The van der Waals surface area contributed by atoms with Gasteiger partial charge in [0.2, 0.25) is 5.91 Å². The van der Waals surface area contributed by atoms with Crippen LogP contribution in [-0.4, -0.2) is 17.9 Å². The first kappa shape index (κ1) is 18.2. The molecule has 0 saturated carbocycles. The van der Waals surface area contributed by atoms with Crippen molar-refractivity contribution in [3.05, 3.63) is 65.7 Å². The molecule has 0 aliphatic heterocycles. The fourth-order valence-corrected chi connectivity index (χ4v) is 2.39. The third kappa shape index (κ3) is 6.11. The van der Waals surface area contributed by atoms with Crippen molar-refractivity contribution in [3.8, 4) is 6.07 Å². The Hall–Kier alpha value is -3.13. The van der Waals surface area contributed by atoms with Crippen molar-refractivity contribution in [1.82, 2.24) is 5.32 Å². The first-order valence-corrected chi connectivity index (χ1v) is 8.20. The molecule has 128 valence electrons. The van der Waals surface area contributed by atoms with E-state index in [-0.39, 0.29) is 24.3 Å². The van der Waals surface area contributed by atoms with Crippen LogP contribution in [0.1, 0.15) is 35.7 Å². The second-order valence-corrected chi connectivity index (χ2v) is 5.86. The number of nitrogens with one attached hydrogen (secondary N) is 2. The first-order valence-electron chi connectivity index (χ1n) is 8.20. The van der Waals surface area contributed by atoms with E-state index in [0.717, 1.165) is 12.8 Å². The maximum Gasteiger partial charge on any atom is 0.251 e. The van der Waals surface area contributed by atoms with Crippen LogP contribution in [0.4, 0.5) is 5.69 Å². The lowest BCUT2D eigenvalue weighted by molar-refractivity contribution is -0.115. The lowest BCUT2D eigenvalue weighted by atomic mass is 10.1. The highest BCUT2D eigenvalue weighted by atomic mass is 16.2. The Morgan fingerprint density at radius 3 is 2.40 bits per heavy atom. The molecule has 5 nitrogen and oxygen atoms in total. The molecule has 0 aliphatic rings. The lowest BCUT2D eigenvalue weighted by Crippen LogP contribution is -2.32. The Morgan fingerprint density at radius 2 is 1.76 bits per heavy atom. The van der Waals surface area contributed by atoms with Crippen LogP contribution in [0.2, 0.25) is 0 Å². The largest absolute Gasteiger partial charge is 0.350 e. The van der Waals surface area contributed by atoms with Crippen molar-refractivity contribution in [1.29, 1.82) is 5.26 Å². The number of anilines is 1. The van der Waals surface area contributed by atoms with Crippen molar-refractivity contribution >= 4 is 17.5 Å². The molecule has 2 rings (SSSR count). The first-order chi connectivity index (χ1) is 12.1. The molecule has 0 radical (unpaired) electrons. The Kier molecular flexibility index (Phi) is 6.73. The summed E-state index contributed by atoms with van der Waals surface area (Å²) in [5, 5.41) is 14.0. The van der Waals surface area contributed by atoms with Crippen LogP contribution in [0.25, 0.3) is 0 Å². The van der Waals surface area contributed by atoms with E-state index in [1.807, 2.05) is 25.1 Å². The van der Waals surface area contributed by atoms with E-state index in [1.165, 1.54) is 5.56 Å². The molecule has 2 aromatic rings. The molecule has 2 aromatic carbocycles. The highest BCUT2D eigenvalue weighted by Gasteiger charge is 2.10.